The van der Waals surface area contributed by atoms with Crippen molar-refractivity contribution in [3.05, 3.63) is 33.8 Å². The minimum Gasteiger partial charge on any atom is -0.390 e. The van der Waals surface area contributed by atoms with Crippen LogP contribution in [0.25, 0.3) is 0 Å². The number of aliphatic hydroxyl groups is 1. The van der Waals surface area contributed by atoms with Gasteiger partial charge >= 0.3 is 0 Å². The SMILES string of the molecule is COC(C(C)C)C(O)Cc1cc(Cl)ccc1Cl. The molecule has 0 aliphatic heterocycles. The Balaban J connectivity index is 2.79. The monoisotopic (exact) mass is 276 g/mol. The molecule has 1 rings (SSSR count). The topological polar surface area (TPSA) is 29.5 Å². The van der Waals surface area contributed by atoms with E-state index in [-0.39, 0.29) is 12.0 Å². The van der Waals surface area contributed by atoms with Crippen LogP contribution in [-0.4, -0.2) is 24.4 Å². The van der Waals surface area contributed by atoms with Gasteiger partial charge in [0, 0.05) is 23.6 Å². The van der Waals surface area contributed by atoms with E-state index in [1.807, 2.05) is 13.8 Å². The molecule has 1 aromatic rings. The first-order valence-electron chi connectivity index (χ1n) is 5.60. The van der Waals surface area contributed by atoms with Crippen LogP contribution in [0.1, 0.15) is 19.4 Å². The maximum absolute atomic E-state index is 10.1. The van der Waals surface area contributed by atoms with Gasteiger partial charge in [0.2, 0.25) is 0 Å². The third-order valence-corrected chi connectivity index (χ3v) is 3.35. The largest absolute Gasteiger partial charge is 0.390 e. The number of benzene rings is 1. The molecule has 0 saturated carbocycles. The van der Waals surface area contributed by atoms with E-state index in [1.54, 1.807) is 25.3 Å². The summed E-state index contributed by atoms with van der Waals surface area (Å²) in [5.74, 6) is 0.243. The minimum atomic E-state index is -0.587. The predicted molar refractivity (Wildman–Crippen MR) is 71.8 cm³/mol. The highest BCUT2D eigenvalue weighted by Crippen LogP contribution is 2.24. The molecular formula is C13H18Cl2O2. The van der Waals surface area contributed by atoms with Crippen molar-refractivity contribution in [2.45, 2.75) is 32.5 Å². The summed E-state index contributed by atoms with van der Waals surface area (Å²) in [6.45, 7) is 4.02. The summed E-state index contributed by atoms with van der Waals surface area (Å²) >= 11 is 12.0. The molecule has 0 aliphatic carbocycles. The molecule has 0 bridgehead atoms. The van der Waals surface area contributed by atoms with Crippen LogP contribution in [-0.2, 0) is 11.2 Å². The van der Waals surface area contributed by atoms with Gasteiger partial charge in [0.15, 0.2) is 0 Å². The molecule has 0 radical (unpaired) electrons. The Bertz CT molecular complexity index is 366. The lowest BCUT2D eigenvalue weighted by atomic mass is 9.96. The van der Waals surface area contributed by atoms with Crippen molar-refractivity contribution in [1.82, 2.24) is 0 Å². The van der Waals surface area contributed by atoms with Crippen molar-refractivity contribution < 1.29 is 9.84 Å². The molecule has 1 aromatic carbocycles. The first-order chi connectivity index (χ1) is 7.95. The Labute approximate surface area is 113 Å². The van der Waals surface area contributed by atoms with Gasteiger partial charge in [-0.2, -0.15) is 0 Å². The number of halogens is 2. The van der Waals surface area contributed by atoms with Gasteiger partial charge < -0.3 is 9.84 Å². The van der Waals surface area contributed by atoms with Gasteiger partial charge in [-0.05, 0) is 29.7 Å². The van der Waals surface area contributed by atoms with E-state index in [2.05, 4.69) is 0 Å². The zero-order valence-electron chi connectivity index (χ0n) is 10.3. The van der Waals surface area contributed by atoms with Crippen LogP contribution in [0.5, 0.6) is 0 Å². The van der Waals surface area contributed by atoms with Crippen molar-refractivity contribution in [2.75, 3.05) is 7.11 Å². The Hall–Kier alpha value is -0.280. The summed E-state index contributed by atoms with van der Waals surface area (Å²) in [4.78, 5) is 0. The van der Waals surface area contributed by atoms with Crippen LogP contribution in [0.15, 0.2) is 18.2 Å². The van der Waals surface area contributed by atoms with Crippen molar-refractivity contribution in [1.29, 1.82) is 0 Å². The molecule has 0 spiro atoms. The van der Waals surface area contributed by atoms with Crippen LogP contribution in [0.3, 0.4) is 0 Å². The molecule has 0 aromatic heterocycles. The lowest BCUT2D eigenvalue weighted by Gasteiger charge is -2.25. The van der Waals surface area contributed by atoms with Crippen LogP contribution in [0, 0.1) is 5.92 Å². The maximum atomic E-state index is 10.1. The van der Waals surface area contributed by atoms with E-state index in [0.717, 1.165) is 5.56 Å². The lowest BCUT2D eigenvalue weighted by molar-refractivity contribution is -0.0367. The third-order valence-electron chi connectivity index (χ3n) is 2.75. The summed E-state index contributed by atoms with van der Waals surface area (Å²) in [6.07, 6.45) is -0.350. The van der Waals surface area contributed by atoms with Gasteiger partial charge in [0.05, 0.1) is 12.2 Å². The fourth-order valence-electron chi connectivity index (χ4n) is 1.91. The van der Waals surface area contributed by atoms with Crippen LogP contribution in [0.2, 0.25) is 10.0 Å². The molecule has 17 heavy (non-hydrogen) atoms. The van der Waals surface area contributed by atoms with Crippen molar-refractivity contribution >= 4 is 23.2 Å². The quantitative estimate of drug-likeness (QED) is 0.891. The van der Waals surface area contributed by atoms with E-state index in [4.69, 9.17) is 27.9 Å². The molecular weight excluding hydrogens is 259 g/mol. The van der Waals surface area contributed by atoms with Crippen molar-refractivity contribution in [2.24, 2.45) is 5.92 Å². The fourth-order valence-corrected chi connectivity index (χ4v) is 2.30. The molecule has 0 aliphatic rings. The predicted octanol–water partition coefficient (Wildman–Crippen LogP) is 3.57. The molecule has 0 heterocycles. The second kappa shape index (κ2) is 6.60. The summed E-state index contributed by atoms with van der Waals surface area (Å²) in [5.41, 5.74) is 0.842. The highest BCUT2D eigenvalue weighted by Gasteiger charge is 2.23. The lowest BCUT2D eigenvalue weighted by Crippen LogP contribution is -2.34. The average Bonchev–Trinajstić information content (AvgIpc) is 2.24. The first kappa shape index (κ1) is 14.8. The van der Waals surface area contributed by atoms with E-state index < -0.39 is 6.10 Å². The maximum Gasteiger partial charge on any atom is 0.0856 e. The van der Waals surface area contributed by atoms with Crippen molar-refractivity contribution in [3.63, 3.8) is 0 Å². The minimum absolute atomic E-state index is 0.204. The number of aliphatic hydroxyl groups excluding tert-OH is 1. The van der Waals surface area contributed by atoms with Crippen molar-refractivity contribution in [3.8, 4) is 0 Å². The Morgan fingerprint density at radius 3 is 2.47 bits per heavy atom. The van der Waals surface area contributed by atoms with Gasteiger partial charge in [0.1, 0.15) is 0 Å². The van der Waals surface area contributed by atoms with E-state index in [1.165, 1.54) is 0 Å². The number of methoxy groups -OCH3 is 1. The normalized spacial score (nSPS) is 15.0. The second-order valence-corrected chi connectivity index (χ2v) is 5.30. The highest BCUT2D eigenvalue weighted by atomic mass is 35.5. The fraction of sp³-hybridized carbons (Fsp3) is 0.538. The van der Waals surface area contributed by atoms with Gasteiger partial charge in [-0.3, -0.25) is 0 Å². The molecule has 0 fully saturated rings. The molecule has 96 valence electrons. The van der Waals surface area contributed by atoms with Crippen LogP contribution < -0.4 is 0 Å². The molecule has 2 nitrogen and oxygen atoms in total. The van der Waals surface area contributed by atoms with E-state index >= 15 is 0 Å². The summed E-state index contributed by atoms with van der Waals surface area (Å²) < 4.78 is 5.29. The number of rotatable bonds is 5. The van der Waals surface area contributed by atoms with Crippen LogP contribution >= 0.6 is 23.2 Å². The van der Waals surface area contributed by atoms with Gasteiger partial charge in [-0.1, -0.05) is 37.0 Å². The standard InChI is InChI=1S/C13H18Cl2O2/c1-8(2)13(17-3)12(16)7-9-6-10(14)4-5-11(9)15/h4-6,8,12-13,16H,7H2,1-3H3. The summed E-state index contributed by atoms with van der Waals surface area (Å²) in [6, 6.07) is 5.25. The number of ether oxygens (including phenoxy) is 1. The smallest absolute Gasteiger partial charge is 0.0856 e. The summed E-state index contributed by atoms with van der Waals surface area (Å²) in [5, 5.41) is 11.4. The molecule has 0 amide bonds. The van der Waals surface area contributed by atoms with Crippen LogP contribution in [0.4, 0.5) is 0 Å². The Morgan fingerprint density at radius 2 is 1.94 bits per heavy atom. The second-order valence-electron chi connectivity index (χ2n) is 4.45. The Morgan fingerprint density at radius 1 is 1.29 bits per heavy atom. The molecule has 4 heteroatoms. The molecule has 2 unspecified atom stereocenters. The van der Waals surface area contributed by atoms with Gasteiger partial charge in [-0.25, -0.2) is 0 Å². The number of hydrogen-bond acceptors (Lipinski definition) is 2. The third kappa shape index (κ3) is 4.14. The zero-order valence-corrected chi connectivity index (χ0v) is 11.8. The van der Waals surface area contributed by atoms with Gasteiger partial charge in [-0.15, -0.1) is 0 Å². The number of hydrogen-bond donors (Lipinski definition) is 1. The van der Waals surface area contributed by atoms with Gasteiger partial charge in [0.25, 0.3) is 0 Å². The molecule has 1 N–H and O–H groups in total. The highest BCUT2D eigenvalue weighted by molar-refractivity contribution is 6.33. The molecule has 2 atom stereocenters. The molecule has 0 saturated heterocycles. The Kier molecular flexibility index (Phi) is 5.74. The van der Waals surface area contributed by atoms with E-state index in [9.17, 15) is 5.11 Å². The zero-order chi connectivity index (χ0) is 13.0. The average molecular weight is 277 g/mol. The van der Waals surface area contributed by atoms with E-state index in [0.29, 0.717) is 16.5 Å². The summed E-state index contributed by atoms with van der Waals surface area (Å²) in [7, 11) is 1.60. The first-order valence-corrected chi connectivity index (χ1v) is 6.36.